The lowest BCUT2D eigenvalue weighted by Crippen LogP contribution is -2.44. The van der Waals surface area contributed by atoms with E-state index in [9.17, 15) is 9.59 Å². The smallest absolute Gasteiger partial charge is 0.327 e. The number of nitrogens with zero attached hydrogens (tertiary/aromatic N) is 7. The molecule has 2 aliphatic heterocycles. The molecule has 41 heavy (non-hydrogen) atoms. The number of carbonyl (C=O) groups is 1. The van der Waals surface area contributed by atoms with Crippen LogP contribution in [0.3, 0.4) is 0 Å². The molecule has 2 aliphatic rings. The number of piperidine rings is 1. The van der Waals surface area contributed by atoms with Gasteiger partial charge in [-0.3, -0.25) is 14.3 Å². The molecule has 12 heteroatoms. The summed E-state index contributed by atoms with van der Waals surface area (Å²) in [6.45, 7) is 4.72. The second-order valence-corrected chi connectivity index (χ2v) is 11.0. The largest absolute Gasteiger partial charge is 0.353 e. The van der Waals surface area contributed by atoms with Crippen molar-refractivity contribution >= 4 is 45.5 Å². The molecule has 6 heterocycles. The highest BCUT2D eigenvalue weighted by Gasteiger charge is 2.28. The fourth-order valence-corrected chi connectivity index (χ4v) is 6.41. The molecule has 11 nitrogen and oxygen atoms in total. The van der Waals surface area contributed by atoms with Crippen molar-refractivity contribution in [3.8, 4) is 11.1 Å². The number of piperazine rings is 1. The summed E-state index contributed by atoms with van der Waals surface area (Å²) in [5.41, 5.74) is 3.74. The van der Waals surface area contributed by atoms with Crippen molar-refractivity contribution in [3.63, 3.8) is 0 Å². The summed E-state index contributed by atoms with van der Waals surface area (Å²) < 4.78 is 3.71. The molecule has 4 aromatic heterocycles. The van der Waals surface area contributed by atoms with Crippen LogP contribution in [0.4, 0.5) is 5.82 Å². The van der Waals surface area contributed by atoms with Crippen LogP contribution in [0.15, 0.2) is 59.9 Å². The van der Waals surface area contributed by atoms with Crippen molar-refractivity contribution in [2.45, 2.75) is 25.4 Å². The molecule has 1 aromatic carbocycles. The lowest BCUT2D eigenvalue weighted by Gasteiger charge is -2.32. The first-order valence-electron chi connectivity index (χ1n) is 14.0. The van der Waals surface area contributed by atoms with E-state index in [-0.39, 0.29) is 24.2 Å². The first-order valence-corrected chi connectivity index (χ1v) is 14.3. The number of likely N-dealkylation sites (tertiary alicyclic amines) is 1. The third-order valence-corrected chi connectivity index (χ3v) is 8.52. The Morgan fingerprint density at radius 3 is 2.59 bits per heavy atom. The highest BCUT2D eigenvalue weighted by atomic mass is 35.5. The monoisotopic (exact) mass is 571 g/mol. The molecular weight excluding hydrogens is 542 g/mol. The van der Waals surface area contributed by atoms with Gasteiger partial charge in [-0.15, -0.1) is 0 Å². The number of H-pyrrole nitrogens is 1. The summed E-state index contributed by atoms with van der Waals surface area (Å²) in [5.74, 6) is 0.874. The van der Waals surface area contributed by atoms with E-state index in [0.717, 1.165) is 54.0 Å². The summed E-state index contributed by atoms with van der Waals surface area (Å²) in [5, 5.41) is 4.93. The van der Waals surface area contributed by atoms with Crippen LogP contribution < -0.4 is 15.9 Å². The number of halogens is 1. The summed E-state index contributed by atoms with van der Waals surface area (Å²) in [6, 6.07) is 11.5. The molecule has 5 aromatic rings. The Kier molecular flexibility index (Phi) is 6.68. The van der Waals surface area contributed by atoms with Gasteiger partial charge in [-0.05, 0) is 31.0 Å². The van der Waals surface area contributed by atoms with Crippen LogP contribution in [0.5, 0.6) is 0 Å². The molecular formula is C29H30ClN9O2. The zero-order valence-electron chi connectivity index (χ0n) is 22.5. The molecule has 0 aliphatic carbocycles. The average molecular weight is 572 g/mol. The van der Waals surface area contributed by atoms with E-state index in [1.54, 1.807) is 17.1 Å². The van der Waals surface area contributed by atoms with Crippen LogP contribution in [-0.2, 0) is 11.3 Å². The second-order valence-electron chi connectivity index (χ2n) is 10.6. The number of hydrogen-bond acceptors (Lipinski definition) is 7. The van der Waals surface area contributed by atoms with Crippen molar-refractivity contribution < 1.29 is 4.79 Å². The van der Waals surface area contributed by atoms with Gasteiger partial charge in [0.15, 0.2) is 5.65 Å². The fourth-order valence-electron chi connectivity index (χ4n) is 6.17. The van der Waals surface area contributed by atoms with Crippen molar-refractivity contribution in [1.29, 1.82) is 0 Å². The van der Waals surface area contributed by atoms with Gasteiger partial charge in [0.05, 0.1) is 10.9 Å². The minimum Gasteiger partial charge on any atom is -0.353 e. The number of benzene rings is 1. The standard InChI is InChI=1S/C29H30ClN9O2/c30-22-5-2-1-4-20(22)21-16-38(28-25(21)27(33-18-34-28)37-14-10-31-11-15-37)17-24(40)36-12-7-19(8-13-36)39-23-6-3-9-32-26(23)35-29(39)41/h1-6,9,16,18-19,31H,7-8,10-15,17H2,(H,32,35,41). The predicted molar refractivity (Wildman–Crippen MR) is 158 cm³/mol. The zero-order valence-corrected chi connectivity index (χ0v) is 23.2. The van der Waals surface area contributed by atoms with Gasteiger partial charge in [0.2, 0.25) is 5.91 Å². The summed E-state index contributed by atoms with van der Waals surface area (Å²) in [4.78, 5) is 46.9. The van der Waals surface area contributed by atoms with E-state index >= 15 is 0 Å². The Hall–Kier alpha value is -4.22. The predicted octanol–water partition coefficient (Wildman–Crippen LogP) is 3.06. The molecule has 1 amide bonds. The van der Waals surface area contributed by atoms with Gasteiger partial charge in [-0.25, -0.2) is 19.7 Å². The maximum absolute atomic E-state index is 13.6. The molecule has 210 valence electrons. The lowest BCUT2D eigenvalue weighted by atomic mass is 10.0. The number of rotatable bonds is 5. The number of hydrogen-bond donors (Lipinski definition) is 2. The number of nitrogens with one attached hydrogen (secondary N) is 2. The topological polar surface area (TPSA) is 117 Å². The van der Waals surface area contributed by atoms with E-state index in [2.05, 4.69) is 25.2 Å². The summed E-state index contributed by atoms with van der Waals surface area (Å²) in [6.07, 6.45) is 6.62. The number of imidazole rings is 1. The lowest BCUT2D eigenvalue weighted by molar-refractivity contribution is -0.133. The van der Waals surface area contributed by atoms with E-state index in [1.165, 1.54) is 0 Å². The van der Waals surface area contributed by atoms with Crippen molar-refractivity contribution in [1.82, 2.24) is 39.3 Å². The van der Waals surface area contributed by atoms with Crippen LogP contribution >= 0.6 is 11.6 Å². The van der Waals surface area contributed by atoms with Gasteiger partial charge in [-0.2, -0.15) is 0 Å². The minimum atomic E-state index is -0.158. The van der Waals surface area contributed by atoms with Crippen LogP contribution in [-0.4, -0.2) is 79.1 Å². The van der Waals surface area contributed by atoms with Gasteiger partial charge < -0.3 is 19.7 Å². The highest BCUT2D eigenvalue weighted by Crippen LogP contribution is 2.38. The molecule has 2 fully saturated rings. The maximum Gasteiger partial charge on any atom is 0.327 e. The third-order valence-electron chi connectivity index (χ3n) is 8.19. The van der Waals surface area contributed by atoms with Gasteiger partial charge in [-0.1, -0.05) is 29.8 Å². The van der Waals surface area contributed by atoms with E-state index in [1.807, 2.05) is 52.1 Å². The van der Waals surface area contributed by atoms with Crippen molar-refractivity contribution in [2.24, 2.45) is 0 Å². The Morgan fingerprint density at radius 2 is 1.78 bits per heavy atom. The van der Waals surface area contributed by atoms with Crippen molar-refractivity contribution in [3.05, 3.63) is 70.6 Å². The number of anilines is 1. The maximum atomic E-state index is 13.6. The molecule has 0 saturated carbocycles. The molecule has 7 rings (SSSR count). The number of fused-ring (bicyclic) bond motifs is 2. The molecule has 0 unspecified atom stereocenters. The van der Waals surface area contributed by atoms with Crippen LogP contribution in [0.1, 0.15) is 18.9 Å². The molecule has 0 bridgehead atoms. The van der Waals surface area contributed by atoms with Gasteiger partial charge in [0.25, 0.3) is 0 Å². The average Bonchev–Trinajstić information content (AvgIpc) is 3.54. The Balaban J connectivity index is 1.17. The normalized spacial score (nSPS) is 16.6. The fraction of sp³-hybridized carbons (Fsp3) is 0.345. The molecule has 2 N–H and O–H groups in total. The molecule has 0 radical (unpaired) electrons. The van der Waals surface area contributed by atoms with Gasteiger partial charge in [0, 0.05) is 73.9 Å². The van der Waals surface area contributed by atoms with E-state index in [4.69, 9.17) is 16.6 Å². The zero-order chi connectivity index (χ0) is 27.9. The van der Waals surface area contributed by atoms with Crippen molar-refractivity contribution in [2.75, 3.05) is 44.2 Å². The number of aromatic amines is 1. The Morgan fingerprint density at radius 1 is 0.976 bits per heavy atom. The number of aromatic nitrogens is 6. The number of carbonyl (C=O) groups excluding carboxylic acids is 1. The van der Waals surface area contributed by atoms with Crippen LogP contribution in [0, 0.1) is 0 Å². The molecule has 0 atom stereocenters. The van der Waals surface area contributed by atoms with Gasteiger partial charge in [0.1, 0.15) is 24.3 Å². The number of amides is 1. The van der Waals surface area contributed by atoms with E-state index < -0.39 is 0 Å². The van der Waals surface area contributed by atoms with Gasteiger partial charge >= 0.3 is 5.69 Å². The SMILES string of the molecule is O=C(Cn1cc(-c2ccccc2Cl)c2c(N3CCNCC3)ncnc21)N1CCC(n2c(=O)[nH]c3ncccc32)CC1. The Bertz CT molecular complexity index is 1800. The molecule has 0 spiro atoms. The first kappa shape index (κ1) is 25.7. The van der Waals surface area contributed by atoms with Crippen LogP contribution in [0.2, 0.25) is 5.02 Å². The Labute approximate surface area is 240 Å². The quantitative estimate of drug-likeness (QED) is 0.333. The highest BCUT2D eigenvalue weighted by molar-refractivity contribution is 6.33. The minimum absolute atomic E-state index is 0.0121. The third kappa shape index (κ3) is 4.64. The summed E-state index contributed by atoms with van der Waals surface area (Å²) in [7, 11) is 0. The molecule has 2 saturated heterocycles. The second kappa shape index (κ2) is 10.6. The number of pyridine rings is 1. The van der Waals surface area contributed by atoms with E-state index in [0.29, 0.717) is 42.2 Å². The van der Waals surface area contributed by atoms with Crippen LogP contribution in [0.25, 0.3) is 33.3 Å². The first-order chi connectivity index (χ1) is 20.1. The summed E-state index contributed by atoms with van der Waals surface area (Å²) >= 11 is 6.66.